The number of benzene rings is 11. The number of anilines is 3. The highest BCUT2D eigenvalue weighted by molar-refractivity contribution is 6.22. The van der Waals surface area contributed by atoms with E-state index in [2.05, 4.69) is 248 Å². The third-order valence-electron chi connectivity index (χ3n) is 14.1. The minimum Gasteiger partial charge on any atom is -0.455 e. The SMILES string of the molecule is c1ccc(-c2ccc(N(c3ccccc3)c3ccc(-c4cccc5c4oc4ccc6c(c45)-c4cccc(-c5cccc7c5oc5ccccc57)c4-c4ccccc4-c4ccccc4-6)cc3)cc2)cc1. The molecule has 2 aromatic heterocycles. The smallest absolute Gasteiger partial charge is 0.143 e. The van der Waals surface area contributed by atoms with Crippen molar-refractivity contribution in [1.29, 1.82) is 0 Å². The van der Waals surface area contributed by atoms with E-state index in [0.29, 0.717) is 0 Å². The Morgan fingerprint density at radius 3 is 1.45 bits per heavy atom. The Morgan fingerprint density at radius 2 is 0.696 bits per heavy atom. The molecule has 0 fully saturated rings. The number of fused-ring (bicyclic) bond motifs is 15. The molecule has 0 amide bonds. The number of nitrogens with zero attached hydrogens (tertiary/aromatic N) is 1. The maximum atomic E-state index is 7.09. The summed E-state index contributed by atoms with van der Waals surface area (Å²) in [4.78, 5) is 2.31. The molecule has 1 aliphatic carbocycles. The normalized spacial score (nSPS) is 11.8. The van der Waals surface area contributed by atoms with Crippen molar-refractivity contribution in [3.63, 3.8) is 0 Å². The van der Waals surface area contributed by atoms with E-state index < -0.39 is 0 Å². The van der Waals surface area contributed by atoms with Crippen molar-refractivity contribution >= 4 is 60.9 Å². The third kappa shape index (κ3) is 6.21. The van der Waals surface area contributed by atoms with Gasteiger partial charge in [-0.25, -0.2) is 0 Å². The summed E-state index contributed by atoms with van der Waals surface area (Å²) in [6.45, 7) is 0. The second kappa shape index (κ2) is 15.7. The van der Waals surface area contributed by atoms with Crippen LogP contribution in [0.3, 0.4) is 0 Å². The lowest BCUT2D eigenvalue weighted by atomic mass is 9.77. The van der Waals surface area contributed by atoms with Crippen molar-refractivity contribution in [2.45, 2.75) is 0 Å². The van der Waals surface area contributed by atoms with Crippen LogP contribution in [0.2, 0.25) is 0 Å². The maximum absolute atomic E-state index is 7.09. The van der Waals surface area contributed by atoms with Gasteiger partial charge in [0, 0.05) is 55.3 Å². The average molecular weight is 880 g/mol. The van der Waals surface area contributed by atoms with Crippen LogP contribution in [0.1, 0.15) is 0 Å². The van der Waals surface area contributed by atoms with Gasteiger partial charge in [0.05, 0.1) is 0 Å². The summed E-state index contributed by atoms with van der Waals surface area (Å²) in [5.74, 6) is 0. The van der Waals surface area contributed by atoms with E-state index in [4.69, 9.17) is 8.83 Å². The number of hydrogen-bond acceptors (Lipinski definition) is 3. The van der Waals surface area contributed by atoms with E-state index in [1.54, 1.807) is 0 Å². The minimum absolute atomic E-state index is 0.851. The Balaban J connectivity index is 0.958. The fourth-order valence-electron chi connectivity index (χ4n) is 11.0. The van der Waals surface area contributed by atoms with Gasteiger partial charge in [-0.1, -0.05) is 194 Å². The minimum atomic E-state index is 0.851. The van der Waals surface area contributed by atoms with E-state index in [0.717, 1.165) is 94.3 Å². The zero-order valence-electron chi connectivity index (χ0n) is 37.4. The summed E-state index contributed by atoms with van der Waals surface area (Å²) in [5.41, 5.74) is 22.9. The lowest BCUT2D eigenvalue weighted by molar-refractivity contribution is 0.669. The van der Waals surface area contributed by atoms with E-state index in [1.165, 1.54) is 44.5 Å². The molecule has 0 spiro atoms. The summed E-state index contributed by atoms with van der Waals surface area (Å²) in [6.07, 6.45) is 0. The first-order chi connectivity index (χ1) is 34.2. The van der Waals surface area contributed by atoms with Crippen molar-refractivity contribution < 1.29 is 8.83 Å². The van der Waals surface area contributed by atoms with Crippen molar-refractivity contribution in [2.75, 3.05) is 4.90 Å². The largest absolute Gasteiger partial charge is 0.455 e. The maximum Gasteiger partial charge on any atom is 0.143 e. The fourth-order valence-corrected chi connectivity index (χ4v) is 11.0. The number of para-hydroxylation sites is 4. The third-order valence-corrected chi connectivity index (χ3v) is 14.1. The molecule has 11 aromatic carbocycles. The van der Waals surface area contributed by atoms with Gasteiger partial charge in [-0.05, 0) is 116 Å². The fraction of sp³-hybridized carbons (Fsp3) is 0. The van der Waals surface area contributed by atoms with Gasteiger partial charge in [-0.2, -0.15) is 0 Å². The molecule has 0 radical (unpaired) electrons. The second-order valence-electron chi connectivity index (χ2n) is 17.9. The second-order valence-corrected chi connectivity index (χ2v) is 17.9. The summed E-state index contributed by atoms with van der Waals surface area (Å²) in [5, 5.41) is 4.41. The summed E-state index contributed by atoms with van der Waals surface area (Å²) in [7, 11) is 0. The standard InChI is InChI=1S/C66H41NO2/c1-3-16-42(17-4-1)43-32-36-46(37-33-43)67(45-18-5-2-6-19-45)47-38-34-44(35-39-47)48-25-13-30-59-64-61(69-65(48)59)41-40-55-51-22-8-7-20-49(51)50-21-9-10-24-53(50)62-54(26-14-29-58(62)63(55)64)57-28-15-27-56-52-23-11-12-31-60(52)68-66(56)57/h1-41H. The first kappa shape index (κ1) is 39.0. The molecule has 69 heavy (non-hydrogen) atoms. The Labute approximate surface area is 399 Å². The molecule has 0 atom stereocenters. The van der Waals surface area contributed by atoms with E-state index in [-0.39, 0.29) is 0 Å². The molecule has 3 nitrogen and oxygen atoms in total. The molecule has 13 aromatic rings. The van der Waals surface area contributed by atoms with Gasteiger partial charge in [0.1, 0.15) is 22.3 Å². The van der Waals surface area contributed by atoms with Crippen LogP contribution < -0.4 is 4.90 Å². The number of hydrogen-bond donors (Lipinski definition) is 0. The van der Waals surface area contributed by atoms with Gasteiger partial charge < -0.3 is 13.7 Å². The Bertz CT molecular complexity index is 4110. The summed E-state index contributed by atoms with van der Waals surface area (Å²) in [6, 6.07) is 89.3. The van der Waals surface area contributed by atoms with E-state index >= 15 is 0 Å². The van der Waals surface area contributed by atoms with Gasteiger partial charge in [0.25, 0.3) is 0 Å². The highest BCUT2D eigenvalue weighted by atomic mass is 16.3. The van der Waals surface area contributed by atoms with Crippen LogP contribution >= 0.6 is 0 Å². The molecule has 0 saturated carbocycles. The van der Waals surface area contributed by atoms with Crippen LogP contribution in [0.25, 0.3) is 122 Å². The zero-order valence-corrected chi connectivity index (χ0v) is 37.4. The Kier molecular flexibility index (Phi) is 8.90. The van der Waals surface area contributed by atoms with Gasteiger partial charge >= 0.3 is 0 Å². The summed E-state index contributed by atoms with van der Waals surface area (Å²) < 4.78 is 13.8. The number of rotatable bonds is 6. The lowest BCUT2D eigenvalue weighted by Crippen LogP contribution is -2.09. The van der Waals surface area contributed by atoms with Crippen molar-refractivity contribution in [3.8, 4) is 77.9 Å². The molecule has 322 valence electrons. The van der Waals surface area contributed by atoms with Crippen LogP contribution in [0.15, 0.2) is 258 Å². The molecule has 1 aliphatic rings. The van der Waals surface area contributed by atoms with Crippen molar-refractivity contribution in [3.05, 3.63) is 249 Å². The monoisotopic (exact) mass is 879 g/mol. The molecular weight excluding hydrogens is 839 g/mol. The van der Waals surface area contributed by atoms with Gasteiger partial charge in [0.15, 0.2) is 0 Å². The highest BCUT2D eigenvalue weighted by Gasteiger charge is 2.29. The Morgan fingerprint density at radius 1 is 0.232 bits per heavy atom. The van der Waals surface area contributed by atoms with Crippen molar-refractivity contribution in [2.24, 2.45) is 0 Å². The molecular formula is C66H41NO2. The van der Waals surface area contributed by atoms with Gasteiger partial charge in [-0.15, -0.1) is 0 Å². The topological polar surface area (TPSA) is 29.5 Å². The predicted octanol–water partition coefficient (Wildman–Crippen LogP) is 18.9. The molecule has 0 saturated heterocycles. The lowest BCUT2D eigenvalue weighted by Gasteiger charge is -2.26. The molecule has 2 heterocycles. The molecule has 0 bridgehead atoms. The predicted molar refractivity (Wildman–Crippen MR) is 287 cm³/mol. The summed E-state index contributed by atoms with van der Waals surface area (Å²) >= 11 is 0. The number of furan rings is 2. The van der Waals surface area contributed by atoms with E-state index in [1.807, 2.05) is 6.07 Å². The Hall–Kier alpha value is -9.18. The van der Waals surface area contributed by atoms with Gasteiger partial charge in [-0.3, -0.25) is 0 Å². The molecule has 0 aliphatic heterocycles. The van der Waals surface area contributed by atoms with E-state index in [9.17, 15) is 0 Å². The first-order valence-corrected chi connectivity index (χ1v) is 23.6. The van der Waals surface area contributed by atoms with Crippen LogP contribution in [0, 0.1) is 0 Å². The van der Waals surface area contributed by atoms with Gasteiger partial charge in [0.2, 0.25) is 0 Å². The van der Waals surface area contributed by atoms with Crippen molar-refractivity contribution in [1.82, 2.24) is 0 Å². The quantitative estimate of drug-likeness (QED) is 0.167. The first-order valence-electron chi connectivity index (χ1n) is 23.6. The van der Waals surface area contributed by atoms with Crippen LogP contribution in [0.5, 0.6) is 0 Å². The van der Waals surface area contributed by atoms with Crippen LogP contribution in [0.4, 0.5) is 17.1 Å². The highest BCUT2D eigenvalue weighted by Crippen LogP contribution is 2.55. The molecule has 0 unspecified atom stereocenters. The van der Waals surface area contributed by atoms with Crippen LogP contribution in [-0.2, 0) is 0 Å². The molecule has 14 rings (SSSR count). The molecule has 0 N–H and O–H groups in total. The average Bonchev–Trinajstić information content (AvgIpc) is 4.00. The zero-order chi connectivity index (χ0) is 45.4. The molecule has 3 heteroatoms. The van der Waals surface area contributed by atoms with Crippen LogP contribution in [-0.4, -0.2) is 0 Å².